The Kier molecular flexibility index (Phi) is 2.37. The second-order valence-electron chi connectivity index (χ2n) is 4.19. The van der Waals surface area contributed by atoms with Crippen LogP contribution in [0.25, 0.3) is 21.8 Å². The number of hydrogen-bond donors (Lipinski definition) is 0. The lowest BCUT2D eigenvalue weighted by Gasteiger charge is -2.01. The third-order valence-electron chi connectivity index (χ3n) is 3.28. The monoisotopic (exact) mass is 242 g/mol. The van der Waals surface area contributed by atoms with Crippen LogP contribution in [0.15, 0.2) is 30.5 Å². The van der Waals surface area contributed by atoms with Crippen LogP contribution in [0.4, 0.5) is 0 Å². The lowest BCUT2D eigenvalue weighted by Crippen LogP contribution is -1.90. The molecule has 0 radical (unpaired) electrons. The maximum Gasteiger partial charge on any atom is 0.213 e. The molecule has 2 heterocycles. The van der Waals surface area contributed by atoms with E-state index < -0.39 is 0 Å². The highest BCUT2D eigenvalue weighted by atomic mass is 16.5. The Morgan fingerprint density at radius 3 is 2.56 bits per heavy atom. The van der Waals surface area contributed by atoms with Crippen molar-refractivity contribution in [2.24, 2.45) is 7.05 Å². The maximum atomic E-state index is 5.26. The molecule has 0 saturated heterocycles. The number of aromatic nitrogens is 2. The topological polar surface area (TPSA) is 36.3 Å². The number of pyridine rings is 1. The van der Waals surface area contributed by atoms with E-state index in [2.05, 4.69) is 15.6 Å². The van der Waals surface area contributed by atoms with Crippen molar-refractivity contribution in [1.82, 2.24) is 9.55 Å². The highest BCUT2D eigenvalue weighted by molar-refractivity contribution is 6.08. The van der Waals surface area contributed by atoms with Gasteiger partial charge in [0.25, 0.3) is 0 Å². The van der Waals surface area contributed by atoms with E-state index in [0.29, 0.717) is 5.88 Å². The standard InChI is InChI=1S/C14H14N2O2/c1-16-12-6-9(17-2)4-5-10(12)11-7-14(18-3)15-8-13(11)16/h4-8H,1-3H3. The van der Waals surface area contributed by atoms with Gasteiger partial charge in [-0.3, -0.25) is 0 Å². The summed E-state index contributed by atoms with van der Waals surface area (Å²) < 4.78 is 12.6. The van der Waals surface area contributed by atoms with Crippen LogP contribution in [-0.4, -0.2) is 23.8 Å². The fourth-order valence-electron chi connectivity index (χ4n) is 2.30. The Morgan fingerprint density at radius 2 is 1.83 bits per heavy atom. The van der Waals surface area contributed by atoms with Crippen LogP contribution in [0.5, 0.6) is 11.6 Å². The lowest BCUT2D eigenvalue weighted by molar-refractivity contribution is 0.398. The summed E-state index contributed by atoms with van der Waals surface area (Å²) in [5, 5.41) is 2.32. The lowest BCUT2D eigenvalue weighted by atomic mass is 10.2. The summed E-state index contributed by atoms with van der Waals surface area (Å²) in [5.41, 5.74) is 2.21. The van der Waals surface area contributed by atoms with Gasteiger partial charge in [0.1, 0.15) is 5.75 Å². The van der Waals surface area contributed by atoms with Gasteiger partial charge in [0.05, 0.1) is 31.4 Å². The Balaban J connectivity index is 2.42. The molecule has 0 aliphatic heterocycles. The van der Waals surface area contributed by atoms with Crippen molar-refractivity contribution in [3.8, 4) is 11.6 Å². The highest BCUT2D eigenvalue weighted by Crippen LogP contribution is 2.31. The predicted molar refractivity (Wildman–Crippen MR) is 71.3 cm³/mol. The van der Waals surface area contributed by atoms with E-state index in [1.54, 1.807) is 14.2 Å². The molecule has 0 amide bonds. The van der Waals surface area contributed by atoms with Gasteiger partial charge in [-0.1, -0.05) is 0 Å². The minimum absolute atomic E-state index is 0.630. The predicted octanol–water partition coefficient (Wildman–Crippen LogP) is 2.74. The Morgan fingerprint density at radius 1 is 1.00 bits per heavy atom. The van der Waals surface area contributed by atoms with Gasteiger partial charge in [0.15, 0.2) is 0 Å². The van der Waals surface area contributed by atoms with Crippen molar-refractivity contribution in [2.75, 3.05) is 14.2 Å². The first-order valence-electron chi connectivity index (χ1n) is 5.71. The first-order chi connectivity index (χ1) is 8.74. The van der Waals surface area contributed by atoms with Crippen molar-refractivity contribution in [1.29, 1.82) is 0 Å². The third kappa shape index (κ3) is 1.42. The first-order valence-corrected chi connectivity index (χ1v) is 5.71. The molecule has 0 N–H and O–H groups in total. The molecular formula is C14H14N2O2. The van der Waals surface area contributed by atoms with Gasteiger partial charge in [-0.25, -0.2) is 4.98 Å². The smallest absolute Gasteiger partial charge is 0.213 e. The number of ether oxygens (including phenoxy) is 2. The number of nitrogens with zero attached hydrogens (tertiary/aromatic N) is 2. The minimum Gasteiger partial charge on any atom is -0.497 e. The van der Waals surface area contributed by atoms with Crippen LogP contribution >= 0.6 is 0 Å². The van der Waals surface area contributed by atoms with E-state index in [1.165, 1.54) is 5.39 Å². The summed E-state index contributed by atoms with van der Waals surface area (Å²) in [4.78, 5) is 4.25. The van der Waals surface area contributed by atoms with Crippen LogP contribution < -0.4 is 9.47 Å². The SMILES string of the molecule is COc1ccc2c3cc(OC)ncc3n(C)c2c1. The average Bonchev–Trinajstić information content (AvgIpc) is 2.71. The number of hydrogen-bond acceptors (Lipinski definition) is 3. The normalized spacial score (nSPS) is 11.1. The van der Waals surface area contributed by atoms with E-state index in [4.69, 9.17) is 9.47 Å². The molecule has 1 aromatic carbocycles. The van der Waals surface area contributed by atoms with Crippen molar-refractivity contribution >= 4 is 21.8 Å². The summed E-state index contributed by atoms with van der Waals surface area (Å²) in [5.74, 6) is 1.49. The number of methoxy groups -OCH3 is 2. The van der Waals surface area contributed by atoms with Crippen LogP contribution in [0.3, 0.4) is 0 Å². The van der Waals surface area contributed by atoms with Crippen molar-refractivity contribution in [2.45, 2.75) is 0 Å². The number of aryl methyl sites for hydroxylation is 1. The Bertz CT molecular complexity index is 731. The van der Waals surface area contributed by atoms with Crippen molar-refractivity contribution < 1.29 is 9.47 Å². The molecule has 18 heavy (non-hydrogen) atoms. The van der Waals surface area contributed by atoms with Crippen LogP contribution in [0.2, 0.25) is 0 Å². The minimum atomic E-state index is 0.630. The molecule has 92 valence electrons. The third-order valence-corrected chi connectivity index (χ3v) is 3.28. The molecule has 3 rings (SSSR count). The fourth-order valence-corrected chi connectivity index (χ4v) is 2.30. The van der Waals surface area contributed by atoms with Crippen LogP contribution in [0.1, 0.15) is 0 Å². The zero-order valence-electron chi connectivity index (χ0n) is 10.6. The average molecular weight is 242 g/mol. The van der Waals surface area contributed by atoms with Crippen LogP contribution in [-0.2, 0) is 7.05 Å². The van der Waals surface area contributed by atoms with E-state index in [1.807, 2.05) is 31.4 Å². The second kappa shape index (κ2) is 3.91. The molecular weight excluding hydrogens is 228 g/mol. The van der Waals surface area contributed by atoms with Gasteiger partial charge in [-0.2, -0.15) is 0 Å². The molecule has 2 aromatic heterocycles. The van der Waals surface area contributed by atoms with E-state index in [9.17, 15) is 0 Å². The summed E-state index contributed by atoms with van der Waals surface area (Å²) in [6.45, 7) is 0. The number of benzene rings is 1. The van der Waals surface area contributed by atoms with Gasteiger partial charge < -0.3 is 14.0 Å². The molecule has 4 heteroatoms. The quantitative estimate of drug-likeness (QED) is 0.693. The van der Waals surface area contributed by atoms with Gasteiger partial charge >= 0.3 is 0 Å². The summed E-state index contributed by atoms with van der Waals surface area (Å²) in [6.07, 6.45) is 1.83. The summed E-state index contributed by atoms with van der Waals surface area (Å²) in [7, 11) is 5.33. The number of fused-ring (bicyclic) bond motifs is 3. The van der Waals surface area contributed by atoms with E-state index in [0.717, 1.165) is 22.2 Å². The molecule has 0 fully saturated rings. The van der Waals surface area contributed by atoms with Crippen molar-refractivity contribution in [3.05, 3.63) is 30.5 Å². The van der Waals surface area contributed by atoms with Crippen molar-refractivity contribution in [3.63, 3.8) is 0 Å². The first kappa shape index (κ1) is 10.9. The van der Waals surface area contributed by atoms with Gasteiger partial charge in [0.2, 0.25) is 5.88 Å². The highest BCUT2D eigenvalue weighted by Gasteiger charge is 2.10. The Hall–Kier alpha value is -2.23. The molecule has 0 atom stereocenters. The zero-order chi connectivity index (χ0) is 12.7. The molecule has 0 bridgehead atoms. The zero-order valence-corrected chi connectivity index (χ0v) is 10.6. The summed E-state index contributed by atoms with van der Waals surface area (Å²) >= 11 is 0. The molecule has 0 aliphatic carbocycles. The molecule has 0 aliphatic rings. The second-order valence-corrected chi connectivity index (χ2v) is 4.19. The largest absolute Gasteiger partial charge is 0.497 e. The maximum absolute atomic E-state index is 5.26. The van der Waals surface area contributed by atoms with E-state index >= 15 is 0 Å². The Labute approximate surface area is 105 Å². The van der Waals surface area contributed by atoms with Gasteiger partial charge in [0, 0.05) is 30.0 Å². The molecule has 4 nitrogen and oxygen atoms in total. The summed E-state index contributed by atoms with van der Waals surface area (Å²) in [6, 6.07) is 8.02. The van der Waals surface area contributed by atoms with Crippen LogP contribution in [0, 0.1) is 0 Å². The number of rotatable bonds is 2. The van der Waals surface area contributed by atoms with Gasteiger partial charge in [-0.05, 0) is 12.1 Å². The molecule has 0 saturated carbocycles. The molecule has 0 unspecified atom stereocenters. The molecule has 0 spiro atoms. The van der Waals surface area contributed by atoms with E-state index in [-0.39, 0.29) is 0 Å². The molecule has 3 aromatic rings. The van der Waals surface area contributed by atoms with Gasteiger partial charge in [-0.15, -0.1) is 0 Å². The fraction of sp³-hybridized carbons (Fsp3) is 0.214.